The van der Waals surface area contributed by atoms with Crippen molar-refractivity contribution in [3.8, 4) is 0 Å². The topological polar surface area (TPSA) is 34.1 Å². The molecule has 4 aromatic rings. The molecule has 2 aliphatic heterocycles. The molecule has 0 saturated heterocycles. The van der Waals surface area contributed by atoms with Crippen molar-refractivity contribution in [2.75, 3.05) is 0 Å². The van der Waals surface area contributed by atoms with Gasteiger partial charge >= 0.3 is 0 Å². The second kappa shape index (κ2) is 14.4. The minimum atomic E-state index is -1.01. The van der Waals surface area contributed by atoms with Gasteiger partial charge in [0.15, 0.2) is 0 Å². The average molecular weight is 583 g/mol. The van der Waals surface area contributed by atoms with E-state index in [1.54, 1.807) is 0 Å². The molecule has 2 aliphatic rings. The van der Waals surface area contributed by atoms with Crippen molar-refractivity contribution >= 4 is 21.6 Å². The van der Waals surface area contributed by atoms with E-state index in [2.05, 4.69) is 50.2 Å². The molecule has 0 saturated carbocycles. The summed E-state index contributed by atoms with van der Waals surface area (Å²) in [6.45, 7) is 4.34. The third-order valence-electron chi connectivity index (χ3n) is 8.17. The van der Waals surface area contributed by atoms with Crippen LogP contribution in [-0.2, 0) is 40.9 Å². The largest absolute Gasteiger partial charge is 0.249 e. The first-order chi connectivity index (χ1) is 20.0. The first-order valence-corrected chi connectivity index (χ1v) is 17.6. The number of rotatable bonds is 9. The lowest BCUT2D eigenvalue weighted by atomic mass is 9.99. The molecule has 4 heteroatoms. The van der Waals surface area contributed by atoms with Gasteiger partial charge in [0.05, 0.1) is 21.6 Å². The summed E-state index contributed by atoms with van der Waals surface area (Å²) in [5, 5.41) is 0. The summed E-state index contributed by atoms with van der Waals surface area (Å²) >= 11 is 0. The maximum absolute atomic E-state index is 12.7. The van der Waals surface area contributed by atoms with Crippen LogP contribution in [0.3, 0.4) is 0 Å². The lowest BCUT2D eigenvalue weighted by Gasteiger charge is -2.19. The SMILES string of the molecule is CCCCCCCCCCc1ccc2c(c1)Cc1ccccc1S2=O.Cc1ccc2c(c1)Cc1ccccc1S2=O. The predicted octanol–water partition coefficient (Wildman–Crippen LogP) is 9.51. The molecule has 0 aromatic heterocycles. The van der Waals surface area contributed by atoms with E-state index in [-0.39, 0.29) is 0 Å². The molecule has 2 nitrogen and oxygen atoms in total. The van der Waals surface area contributed by atoms with Crippen LogP contribution < -0.4 is 0 Å². The molecule has 0 spiro atoms. The molecule has 2 unspecified atom stereocenters. The van der Waals surface area contributed by atoms with Crippen molar-refractivity contribution in [3.63, 3.8) is 0 Å². The van der Waals surface area contributed by atoms with E-state index in [0.717, 1.165) is 38.8 Å². The van der Waals surface area contributed by atoms with Gasteiger partial charge in [-0.15, -0.1) is 0 Å². The van der Waals surface area contributed by atoms with E-state index in [1.807, 2.05) is 48.5 Å². The van der Waals surface area contributed by atoms with Crippen molar-refractivity contribution in [2.45, 2.75) is 104 Å². The van der Waals surface area contributed by atoms with Gasteiger partial charge in [-0.1, -0.05) is 118 Å². The van der Waals surface area contributed by atoms with Gasteiger partial charge in [0.2, 0.25) is 0 Å². The van der Waals surface area contributed by atoms with Crippen LogP contribution in [0.2, 0.25) is 0 Å². The Hall–Kier alpha value is -2.82. The third-order valence-corrected chi connectivity index (χ3v) is 11.4. The number of aryl methyl sites for hydroxylation is 2. The van der Waals surface area contributed by atoms with Crippen LogP contribution in [0.5, 0.6) is 0 Å². The molecule has 0 amide bonds. The fourth-order valence-electron chi connectivity index (χ4n) is 5.91. The van der Waals surface area contributed by atoms with E-state index >= 15 is 0 Å². The van der Waals surface area contributed by atoms with Gasteiger partial charge in [-0.2, -0.15) is 0 Å². The quantitative estimate of drug-likeness (QED) is 0.159. The molecule has 4 aromatic carbocycles. The summed E-state index contributed by atoms with van der Waals surface area (Å²) < 4.78 is 25.1. The Morgan fingerprint density at radius 2 is 1.02 bits per heavy atom. The standard InChI is InChI=1S/C23H30OS.C14H12OS/c1-2-3-4-5-6-7-8-9-12-19-15-16-23-21(17-19)18-20-13-10-11-14-22(20)25(23)24;1-10-6-7-14-12(8-10)9-11-4-2-3-5-13(11)16(14)15/h10-11,13-17H,2-9,12,18H2,1H3;2-8H,9H2,1H3. The zero-order valence-corrected chi connectivity index (χ0v) is 26.1. The van der Waals surface area contributed by atoms with E-state index in [9.17, 15) is 8.42 Å². The Bertz CT molecular complexity index is 1540. The molecule has 0 N–H and O–H groups in total. The first-order valence-electron chi connectivity index (χ1n) is 15.3. The summed E-state index contributed by atoms with van der Waals surface area (Å²) in [5.41, 5.74) is 7.51. The minimum absolute atomic E-state index is 0.902. The minimum Gasteiger partial charge on any atom is -0.249 e. The average Bonchev–Trinajstić information content (AvgIpc) is 2.99. The Morgan fingerprint density at radius 1 is 0.537 bits per heavy atom. The highest BCUT2D eigenvalue weighted by Crippen LogP contribution is 2.33. The maximum atomic E-state index is 12.7. The van der Waals surface area contributed by atoms with Gasteiger partial charge in [0, 0.05) is 19.6 Å². The van der Waals surface area contributed by atoms with Crippen molar-refractivity contribution in [1.82, 2.24) is 0 Å². The van der Waals surface area contributed by atoms with Gasteiger partial charge < -0.3 is 0 Å². The lowest BCUT2D eigenvalue weighted by molar-refractivity contribution is 0.575. The highest BCUT2D eigenvalue weighted by molar-refractivity contribution is 7.85. The van der Waals surface area contributed by atoms with Gasteiger partial charge in [-0.05, 0) is 84.7 Å². The Kier molecular flexibility index (Phi) is 10.4. The van der Waals surface area contributed by atoms with Crippen LogP contribution in [0.1, 0.15) is 91.7 Å². The predicted molar refractivity (Wildman–Crippen MR) is 172 cm³/mol. The summed E-state index contributed by atoms with van der Waals surface area (Å²) in [6, 6.07) is 28.9. The molecule has 214 valence electrons. The maximum Gasteiger partial charge on any atom is 0.0855 e. The Morgan fingerprint density at radius 3 is 1.63 bits per heavy atom. The van der Waals surface area contributed by atoms with Crippen LogP contribution in [0, 0.1) is 6.92 Å². The Balaban J connectivity index is 0.000000181. The number of benzene rings is 4. The fraction of sp³-hybridized carbons (Fsp3) is 0.351. The van der Waals surface area contributed by atoms with Crippen molar-refractivity contribution in [1.29, 1.82) is 0 Å². The molecule has 2 atom stereocenters. The second-order valence-electron chi connectivity index (χ2n) is 11.4. The number of hydrogen-bond donors (Lipinski definition) is 0. The van der Waals surface area contributed by atoms with E-state index in [4.69, 9.17) is 0 Å². The molecule has 6 rings (SSSR count). The van der Waals surface area contributed by atoms with Crippen molar-refractivity contribution < 1.29 is 8.42 Å². The number of hydrogen-bond acceptors (Lipinski definition) is 2. The van der Waals surface area contributed by atoms with E-state index in [1.165, 1.54) is 84.7 Å². The lowest BCUT2D eigenvalue weighted by Crippen LogP contribution is -2.09. The molecule has 0 fully saturated rings. The van der Waals surface area contributed by atoms with Gasteiger partial charge in [-0.25, -0.2) is 8.42 Å². The van der Waals surface area contributed by atoms with Gasteiger partial charge in [-0.3, -0.25) is 0 Å². The van der Waals surface area contributed by atoms with E-state index < -0.39 is 21.6 Å². The van der Waals surface area contributed by atoms with Crippen LogP contribution in [0.15, 0.2) is 105 Å². The molecule has 0 bridgehead atoms. The Labute approximate surface area is 251 Å². The molecule has 41 heavy (non-hydrogen) atoms. The number of fused-ring (bicyclic) bond motifs is 4. The summed E-state index contributed by atoms with van der Waals surface area (Å²) in [5.74, 6) is 0. The van der Waals surface area contributed by atoms with E-state index in [0.29, 0.717) is 0 Å². The zero-order valence-electron chi connectivity index (χ0n) is 24.5. The zero-order chi connectivity index (χ0) is 28.6. The summed E-state index contributed by atoms with van der Waals surface area (Å²) in [7, 11) is -2.01. The number of unbranched alkanes of at least 4 members (excludes halogenated alkanes) is 7. The molecular formula is C37H42O2S2. The highest BCUT2D eigenvalue weighted by atomic mass is 32.2. The van der Waals surface area contributed by atoms with Crippen LogP contribution in [0.25, 0.3) is 0 Å². The first kappa shape index (κ1) is 29.7. The van der Waals surface area contributed by atoms with Crippen LogP contribution in [0.4, 0.5) is 0 Å². The third kappa shape index (κ3) is 7.34. The van der Waals surface area contributed by atoms with Crippen molar-refractivity contribution in [2.24, 2.45) is 0 Å². The highest BCUT2D eigenvalue weighted by Gasteiger charge is 2.22. The van der Waals surface area contributed by atoms with Crippen molar-refractivity contribution in [3.05, 3.63) is 118 Å². The van der Waals surface area contributed by atoms with Crippen LogP contribution >= 0.6 is 0 Å². The molecular weight excluding hydrogens is 541 g/mol. The van der Waals surface area contributed by atoms with Gasteiger partial charge in [0.25, 0.3) is 0 Å². The molecule has 0 radical (unpaired) electrons. The molecule has 0 aliphatic carbocycles. The summed E-state index contributed by atoms with van der Waals surface area (Å²) in [4.78, 5) is 3.95. The van der Waals surface area contributed by atoms with Gasteiger partial charge in [0.1, 0.15) is 0 Å². The smallest absolute Gasteiger partial charge is 0.0855 e. The molecule has 2 heterocycles. The summed E-state index contributed by atoms with van der Waals surface area (Å²) in [6.07, 6.45) is 13.8. The fourth-order valence-corrected chi connectivity index (χ4v) is 8.66. The monoisotopic (exact) mass is 582 g/mol. The van der Waals surface area contributed by atoms with Crippen LogP contribution in [-0.4, -0.2) is 8.42 Å². The second-order valence-corrected chi connectivity index (χ2v) is 14.2. The normalized spacial score (nSPS) is 16.4.